The summed E-state index contributed by atoms with van der Waals surface area (Å²) in [7, 11) is 0. The molecule has 2 rings (SSSR count). The van der Waals surface area contributed by atoms with Crippen molar-refractivity contribution in [2.75, 3.05) is 0 Å². The van der Waals surface area contributed by atoms with Crippen molar-refractivity contribution in [2.45, 2.75) is 6.92 Å². The van der Waals surface area contributed by atoms with E-state index < -0.39 is 0 Å². The van der Waals surface area contributed by atoms with Crippen molar-refractivity contribution >= 4 is 0 Å². The Hall–Kier alpha value is -2.15. The molecule has 1 aromatic heterocycles. The van der Waals surface area contributed by atoms with Gasteiger partial charge in [0.25, 0.3) is 0 Å². The molecule has 0 saturated carbocycles. The summed E-state index contributed by atoms with van der Waals surface area (Å²) in [4.78, 5) is 0. The quantitative estimate of drug-likeness (QED) is 0.732. The zero-order chi connectivity index (χ0) is 9.97. The van der Waals surface area contributed by atoms with Gasteiger partial charge < -0.3 is 0 Å². The molecule has 0 spiro atoms. The number of nitrogens with zero attached hydrogens (tertiary/aromatic N) is 3. The summed E-state index contributed by atoms with van der Waals surface area (Å²) < 4.78 is 0. The highest BCUT2D eigenvalue weighted by Gasteiger charge is 2.08. The maximum absolute atomic E-state index is 8.77. The van der Waals surface area contributed by atoms with Crippen molar-refractivity contribution < 1.29 is 0 Å². The molecule has 4 nitrogen and oxygen atoms in total. The van der Waals surface area contributed by atoms with Crippen molar-refractivity contribution in [3.8, 4) is 17.3 Å². The molecule has 14 heavy (non-hydrogen) atoms. The minimum Gasteiger partial charge on any atom is -0.196 e. The van der Waals surface area contributed by atoms with Crippen LogP contribution in [-0.2, 0) is 0 Å². The number of aromatic nitrogens is 3. The van der Waals surface area contributed by atoms with Crippen LogP contribution in [0.25, 0.3) is 11.3 Å². The number of aryl methyl sites for hydroxylation is 1. The van der Waals surface area contributed by atoms with Gasteiger partial charge in [-0.1, -0.05) is 23.8 Å². The van der Waals surface area contributed by atoms with Crippen LogP contribution >= 0.6 is 0 Å². The van der Waals surface area contributed by atoms with Gasteiger partial charge in [0.1, 0.15) is 11.8 Å². The second kappa shape index (κ2) is 3.30. The van der Waals surface area contributed by atoms with E-state index in [0.29, 0.717) is 11.4 Å². The van der Waals surface area contributed by atoms with Gasteiger partial charge in [-0.3, -0.25) is 0 Å². The standard InChI is InChI=1S/C10H8N4/c1-7-3-2-4-8(5-7)10-9(6-11)12-14-13-10/h2-5H,1H3,(H,12,13,14). The highest BCUT2D eigenvalue weighted by molar-refractivity contribution is 5.64. The van der Waals surface area contributed by atoms with Crippen molar-refractivity contribution in [1.82, 2.24) is 15.4 Å². The predicted molar refractivity (Wildman–Crippen MR) is 51.3 cm³/mol. The van der Waals surface area contributed by atoms with Gasteiger partial charge in [0, 0.05) is 5.56 Å². The van der Waals surface area contributed by atoms with Gasteiger partial charge in [0.15, 0.2) is 5.69 Å². The van der Waals surface area contributed by atoms with E-state index in [1.165, 1.54) is 0 Å². The maximum atomic E-state index is 8.77. The summed E-state index contributed by atoms with van der Waals surface area (Å²) in [6.07, 6.45) is 0. The molecule has 0 aliphatic carbocycles. The Morgan fingerprint density at radius 3 is 2.93 bits per heavy atom. The van der Waals surface area contributed by atoms with Crippen molar-refractivity contribution in [2.24, 2.45) is 0 Å². The van der Waals surface area contributed by atoms with E-state index >= 15 is 0 Å². The first-order valence-corrected chi connectivity index (χ1v) is 4.19. The molecule has 0 aliphatic rings. The zero-order valence-corrected chi connectivity index (χ0v) is 7.65. The van der Waals surface area contributed by atoms with Crippen LogP contribution in [0.5, 0.6) is 0 Å². The molecule has 0 fully saturated rings. The molecular formula is C10H8N4. The number of H-pyrrole nitrogens is 1. The van der Waals surface area contributed by atoms with Gasteiger partial charge in [-0.05, 0) is 13.0 Å². The van der Waals surface area contributed by atoms with Gasteiger partial charge in [0.05, 0.1) is 0 Å². The zero-order valence-electron chi connectivity index (χ0n) is 7.65. The second-order valence-corrected chi connectivity index (χ2v) is 3.00. The minimum absolute atomic E-state index is 0.329. The fraction of sp³-hybridized carbons (Fsp3) is 0.100. The smallest absolute Gasteiger partial charge is 0.190 e. The summed E-state index contributed by atoms with van der Waals surface area (Å²) in [5.74, 6) is 0. The third-order valence-corrected chi connectivity index (χ3v) is 1.95. The summed E-state index contributed by atoms with van der Waals surface area (Å²) in [6.45, 7) is 2.00. The van der Waals surface area contributed by atoms with Crippen LogP contribution in [0.4, 0.5) is 0 Å². The Morgan fingerprint density at radius 2 is 2.21 bits per heavy atom. The van der Waals surface area contributed by atoms with Crippen LogP contribution in [0.2, 0.25) is 0 Å². The van der Waals surface area contributed by atoms with Crippen LogP contribution in [0, 0.1) is 18.3 Å². The Kier molecular flexibility index (Phi) is 1.99. The predicted octanol–water partition coefficient (Wildman–Crippen LogP) is 1.65. The largest absolute Gasteiger partial charge is 0.196 e. The van der Waals surface area contributed by atoms with Crippen LogP contribution < -0.4 is 0 Å². The molecule has 0 radical (unpaired) electrons. The van der Waals surface area contributed by atoms with Crippen LogP contribution in [0.3, 0.4) is 0 Å². The van der Waals surface area contributed by atoms with Gasteiger partial charge in [-0.2, -0.15) is 15.6 Å². The summed E-state index contributed by atoms with van der Waals surface area (Å²) in [5, 5.41) is 18.9. The molecule has 0 amide bonds. The molecule has 0 aliphatic heterocycles. The molecule has 2 aromatic rings. The highest BCUT2D eigenvalue weighted by atomic mass is 15.3. The molecule has 1 N–H and O–H groups in total. The molecule has 0 atom stereocenters. The van der Waals surface area contributed by atoms with E-state index in [1.54, 1.807) is 0 Å². The third kappa shape index (κ3) is 1.36. The summed E-state index contributed by atoms with van der Waals surface area (Å²) in [6, 6.07) is 9.79. The lowest BCUT2D eigenvalue weighted by molar-refractivity contribution is 0.937. The third-order valence-electron chi connectivity index (χ3n) is 1.95. The lowest BCUT2D eigenvalue weighted by Gasteiger charge is -1.97. The Labute approximate surface area is 81.2 Å². The molecule has 68 valence electrons. The van der Waals surface area contributed by atoms with E-state index in [0.717, 1.165) is 11.1 Å². The number of nitrogens with one attached hydrogen (secondary N) is 1. The van der Waals surface area contributed by atoms with E-state index in [-0.39, 0.29) is 0 Å². The Bertz CT molecular complexity index is 493. The number of nitriles is 1. The molecule has 1 aromatic carbocycles. The first kappa shape index (κ1) is 8.45. The fourth-order valence-electron chi connectivity index (χ4n) is 1.30. The van der Waals surface area contributed by atoms with Crippen LogP contribution in [0.1, 0.15) is 11.3 Å². The van der Waals surface area contributed by atoms with Crippen molar-refractivity contribution in [3.63, 3.8) is 0 Å². The van der Waals surface area contributed by atoms with E-state index in [4.69, 9.17) is 5.26 Å². The lowest BCUT2D eigenvalue weighted by Crippen LogP contribution is -1.83. The van der Waals surface area contributed by atoms with Crippen molar-refractivity contribution in [3.05, 3.63) is 35.5 Å². The molecule has 0 bridgehead atoms. The van der Waals surface area contributed by atoms with E-state index in [9.17, 15) is 0 Å². The Balaban J connectivity index is 2.56. The van der Waals surface area contributed by atoms with Crippen LogP contribution in [-0.4, -0.2) is 15.4 Å². The van der Waals surface area contributed by atoms with Gasteiger partial charge in [0.2, 0.25) is 0 Å². The monoisotopic (exact) mass is 184 g/mol. The molecular weight excluding hydrogens is 176 g/mol. The summed E-state index contributed by atoms with van der Waals surface area (Å²) in [5.41, 5.74) is 2.98. The normalized spacial score (nSPS) is 9.71. The number of benzene rings is 1. The average molecular weight is 184 g/mol. The molecule has 4 heteroatoms. The second-order valence-electron chi connectivity index (χ2n) is 3.00. The maximum Gasteiger partial charge on any atom is 0.190 e. The molecule has 0 unspecified atom stereocenters. The molecule has 1 heterocycles. The SMILES string of the molecule is Cc1cccc(-c2n[nH]nc2C#N)c1. The van der Waals surface area contributed by atoms with Gasteiger partial charge >= 0.3 is 0 Å². The average Bonchev–Trinajstić information content (AvgIpc) is 2.65. The summed E-state index contributed by atoms with van der Waals surface area (Å²) >= 11 is 0. The fourth-order valence-corrected chi connectivity index (χ4v) is 1.30. The number of rotatable bonds is 1. The van der Waals surface area contributed by atoms with Gasteiger partial charge in [-0.25, -0.2) is 0 Å². The number of hydrogen-bond donors (Lipinski definition) is 1. The lowest BCUT2D eigenvalue weighted by atomic mass is 10.1. The van der Waals surface area contributed by atoms with Crippen molar-refractivity contribution in [1.29, 1.82) is 5.26 Å². The topological polar surface area (TPSA) is 65.4 Å². The van der Waals surface area contributed by atoms with Gasteiger partial charge in [-0.15, -0.1) is 5.10 Å². The first-order chi connectivity index (χ1) is 6.81. The molecule has 0 saturated heterocycles. The van der Waals surface area contributed by atoms with Crippen LogP contribution in [0.15, 0.2) is 24.3 Å². The number of hydrogen-bond acceptors (Lipinski definition) is 3. The highest BCUT2D eigenvalue weighted by Crippen LogP contribution is 2.19. The first-order valence-electron chi connectivity index (χ1n) is 4.19. The minimum atomic E-state index is 0.329. The number of aromatic amines is 1. The Morgan fingerprint density at radius 1 is 1.36 bits per heavy atom. The van der Waals surface area contributed by atoms with E-state index in [1.807, 2.05) is 37.3 Å². The van der Waals surface area contributed by atoms with E-state index in [2.05, 4.69) is 15.4 Å².